The number of fused-ring (bicyclic) bond motifs is 2. The number of hydrogen-bond acceptors (Lipinski definition) is 5. The molecule has 6 rings (SSSR count). The van der Waals surface area contributed by atoms with Crippen LogP contribution < -0.4 is 5.32 Å². The molecule has 3 aromatic carbocycles. The molecule has 10 heteroatoms. The number of aromatic nitrogens is 3. The molecule has 1 aliphatic rings. The highest BCUT2D eigenvalue weighted by Crippen LogP contribution is 2.32. The highest BCUT2D eigenvalue weighted by Gasteiger charge is 2.30. The van der Waals surface area contributed by atoms with E-state index in [1.54, 1.807) is 21.1 Å². The van der Waals surface area contributed by atoms with E-state index in [1.165, 1.54) is 0 Å². The third-order valence-corrected chi connectivity index (χ3v) is 9.94. The van der Waals surface area contributed by atoms with Crippen molar-refractivity contribution >= 4 is 59.8 Å². The minimum absolute atomic E-state index is 0.319. The largest absolute Gasteiger partial charge is 0.370 e. The van der Waals surface area contributed by atoms with Gasteiger partial charge >= 0.3 is 0 Å². The molecule has 7 nitrogen and oxygen atoms in total. The van der Waals surface area contributed by atoms with Crippen LogP contribution in [0.15, 0.2) is 88.4 Å². The molecule has 0 spiro atoms. The Labute approximate surface area is 234 Å². The molecule has 1 N–H and O–H groups in total. The number of rotatable bonds is 6. The summed E-state index contributed by atoms with van der Waals surface area (Å²) in [6, 6.07) is 22.7. The first-order valence-corrected chi connectivity index (χ1v) is 15.0. The van der Waals surface area contributed by atoms with Crippen LogP contribution >= 0.6 is 27.5 Å². The predicted molar refractivity (Wildman–Crippen MR) is 155 cm³/mol. The SMILES string of the molecule is O=S(=O)(c1cccc2ccccc12)N1CCC(CNc2cc(-c3ccccc3Cl)nc3c(Br)cnn23)CC1. The zero-order valence-electron chi connectivity index (χ0n) is 20.4. The Balaban J connectivity index is 1.18. The van der Waals surface area contributed by atoms with E-state index in [9.17, 15) is 8.42 Å². The van der Waals surface area contributed by atoms with Gasteiger partial charge in [-0.05, 0) is 52.2 Å². The maximum atomic E-state index is 13.5. The number of nitrogens with one attached hydrogen (secondary N) is 1. The summed E-state index contributed by atoms with van der Waals surface area (Å²) in [6.45, 7) is 1.67. The molecule has 194 valence electrons. The van der Waals surface area contributed by atoms with Gasteiger partial charge in [0.15, 0.2) is 5.65 Å². The van der Waals surface area contributed by atoms with Crippen LogP contribution in [0.1, 0.15) is 12.8 Å². The third-order valence-electron chi connectivity index (χ3n) is 7.09. The lowest BCUT2D eigenvalue weighted by atomic mass is 9.98. The van der Waals surface area contributed by atoms with E-state index in [2.05, 4.69) is 26.3 Å². The molecule has 0 saturated carbocycles. The molecule has 1 aliphatic heterocycles. The maximum Gasteiger partial charge on any atom is 0.243 e. The van der Waals surface area contributed by atoms with E-state index in [4.69, 9.17) is 16.6 Å². The third kappa shape index (κ3) is 4.68. The monoisotopic (exact) mass is 609 g/mol. The first-order chi connectivity index (χ1) is 18.4. The quantitative estimate of drug-likeness (QED) is 0.238. The number of hydrogen-bond donors (Lipinski definition) is 1. The molecular weight excluding hydrogens is 586 g/mol. The minimum Gasteiger partial charge on any atom is -0.370 e. The van der Waals surface area contributed by atoms with Crippen LogP contribution in [-0.4, -0.2) is 47.0 Å². The highest BCUT2D eigenvalue weighted by molar-refractivity contribution is 9.10. The molecular formula is C28H25BrClN5O2S. The average molecular weight is 611 g/mol. The second-order valence-electron chi connectivity index (χ2n) is 9.44. The van der Waals surface area contributed by atoms with Gasteiger partial charge in [0.2, 0.25) is 10.0 Å². The lowest BCUT2D eigenvalue weighted by molar-refractivity contribution is 0.282. The summed E-state index contributed by atoms with van der Waals surface area (Å²) in [5, 5.41) is 10.3. The summed E-state index contributed by atoms with van der Waals surface area (Å²) in [7, 11) is -3.57. The van der Waals surface area contributed by atoms with Gasteiger partial charge < -0.3 is 5.32 Å². The minimum atomic E-state index is -3.57. The van der Waals surface area contributed by atoms with Crippen molar-refractivity contribution in [3.63, 3.8) is 0 Å². The number of halogens is 2. The number of nitrogens with zero attached hydrogens (tertiary/aromatic N) is 4. The molecule has 2 aromatic heterocycles. The molecule has 0 aliphatic carbocycles. The van der Waals surface area contributed by atoms with Gasteiger partial charge in [-0.1, -0.05) is 66.2 Å². The van der Waals surface area contributed by atoms with Gasteiger partial charge in [-0.25, -0.2) is 13.4 Å². The summed E-state index contributed by atoms with van der Waals surface area (Å²) < 4.78 is 31.2. The van der Waals surface area contributed by atoms with E-state index in [0.717, 1.165) is 45.2 Å². The lowest BCUT2D eigenvalue weighted by Gasteiger charge is -2.31. The molecule has 3 heterocycles. The molecule has 38 heavy (non-hydrogen) atoms. The Morgan fingerprint density at radius 3 is 2.55 bits per heavy atom. The first-order valence-electron chi connectivity index (χ1n) is 12.4. The second kappa shape index (κ2) is 10.3. The van der Waals surface area contributed by atoms with Crippen LogP contribution in [0.3, 0.4) is 0 Å². The fourth-order valence-electron chi connectivity index (χ4n) is 5.03. The summed E-state index contributed by atoms with van der Waals surface area (Å²) in [5.74, 6) is 1.13. The maximum absolute atomic E-state index is 13.5. The van der Waals surface area contributed by atoms with Gasteiger partial charge in [0.05, 0.1) is 21.3 Å². The zero-order valence-corrected chi connectivity index (χ0v) is 23.5. The fraction of sp³-hybridized carbons (Fsp3) is 0.214. The van der Waals surface area contributed by atoms with Crippen LogP contribution in [0.5, 0.6) is 0 Å². The van der Waals surface area contributed by atoms with Gasteiger partial charge in [-0.2, -0.15) is 13.9 Å². The Bertz CT molecular complexity index is 1740. The van der Waals surface area contributed by atoms with E-state index in [1.807, 2.05) is 66.7 Å². The number of benzene rings is 3. The molecule has 0 bridgehead atoms. The van der Waals surface area contributed by atoms with Crippen molar-refractivity contribution in [2.24, 2.45) is 5.92 Å². The molecule has 0 unspecified atom stereocenters. The van der Waals surface area contributed by atoms with Crippen molar-refractivity contribution < 1.29 is 8.42 Å². The smallest absolute Gasteiger partial charge is 0.243 e. The Hall–Kier alpha value is -2.98. The number of piperidine rings is 1. The molecule has 5 aromatic rings. The van der Waals surface area contributed by atoms with Crippen LogP contribution in [0.25, 0.3) is 27.7 Å². The summed E-state index contributed by atoms with van der Waals surface area (Å²) in [5.41, 5.74) is 2.29. The molecule has 0 amide bonds. The van der Waals surface area contributed by atoms with Gasteiger partial charge in [0.25, 0.3) is 0 Å². The molecule has 0 radical (unpaired) electrons. The van der Waals surface area contributed by atoms with Crippen LogP contribution in [0.4, 0.5) is 5.82 Å². The summed E-state index contributed by atoms with van der Waals surface area (Å²) in [4.78, 5) is 5.14. The van der Waals surface area contributed by atoms with E-state index < -0.39 is 10.0 Å². The fourth-order valence-corrected chi connectivity index (χ4v) is 7.30. The van der Waals surface area contributed by atoms with E-state index in [-0.39, 0.29) is 0 Å². The van der Waals surface area contributed by atoms with Crippen LogP contribution in [-0.2, 0) is 10.0 Å². The van der Waals surface area contributed by atoms with Crippen LogP contribution in [0.2, 0.25) is 5.02 Å². The number of anilines is 1. The van der Waals surface area contributed by atoms with Crippen molar-refractivity contribution in [2.45, 2.75) is 17.7 Å². The van der Waals surface area contributed by atoms with Gasteiger partial charge in [0, 0.05) is 41.7 Å². The predicted octanol–water partition coefficient (Wildman–Crippen LogP) is 6.48. The molecule has 1 fully saturated rings. The molecule has 1 saturated heterocycles. The van der Waals surface area contributed by atoms with Gasteiger partial charge in [-0.15, -0.1) is 0 Å². The summed E-state index contributed by atoms with van der Waals surface area (Å²) in [6.07, 6.45) is 3.26. The van der Waals surface area contributed by atoms with Crippen molar-refractivity contribution in [3.8, 4) is 11.3 Å². The van der Waals surface area contributed by atoms with Crippen molar-refractivity contribution in [3.05, 3.63) is 88.5 Å². The normalized spacial score (nSPS) is 15.3. The van der Waals surface area contributed by atoms with Gasteiger partial charge in [0.1, 0.15) is 5.82 Å². The zero-order chi connectivity index (χ0) is 26.3. The Kier molecular flexibility index (Phi) is 6.86. The average Bonchev–Trinajstić information content (AvgIpc) is 3.32. The van der Waals surface area contributed by atoms with Gasteiger partial charge in [-0.3, -0.25) is 0 Å². The Morgan fingerprint density at radius 1 is 1.00 bits per heavy atom. The van der Waals surface area contributed by atoms with Crippen molar-refractivity contribution in [1.29, 1.82) is 0 Å². The van der Waals surface area contributed by atoms with Crippen molar-refractivity contribution in [1.82, 2.24) is 18.9 Å². The van der Waals surface area contributed by atoms with E-state index in [0.29, 0.717) is 41.1 Å². The standard InChI is InChI=1S/C28H25BrClN5O2S/c29-23-18-32-35-27(16-25(33-28(23)35)22-9-3-4-10-24(22)30)31-17-19-12-14-34(15-13-19)38(36,37)26-11-5-7-20-6-1-2-8-21(20)26/h1-11,16,18-19,31H,12-15,17H2. The van der Waals surface area contributed by atoms with Crippen molar-refractivity contribution in [2.75, 3.05) is 25.0 Å². The first kappa shape index (κ1) is 25.3. The number of sulfonamides is 1. The molecule has 0 atom stereocenters. The second-order valence-corrected chi connectivity index (χ2v) is 12.6. The topological polar surface area (TPSA) is 79.6 Å². The highest BCUT2D eigenvalue weighted by atomic mass is 79.9. The Morgan fingerprint density at radius 2 is 1.74 bits per heavy atom. The lowest BCUT2D eigenvalue weighted by Crippen LogP contribution is -2.40. The van der Waals surface area contributed by atoms with Crippen LogP contribution in [0, 0.1) is 5.92 Å². The summed E-state index contributed by atoms with van der Waals surface area (Å²) >= 11 is 10.00. The van der Waals surface area contributed by atoms with E-state index >= 15 is 0 Å².